The summed E-state index contributed by atoms with van der Waals surface area (Å²) in [6.07, 6.45) is 0. The first-order valence-corrected chi connectivity index (χ1v) is 21.5. The average Bonchev–Trinajstić information content (AvgIpc) is 3.98. The number of hydrogen-bond acceptors (Lipinski definition) is 3. The summed E-state index contributed by atoms with van der Waals surface area (Å²) in [7, 11) is 0. The molecule has 1 heterocycles. The quantitative estimate of drug-likeness (QED) is 0.141. The molecule has 0 fully saturated rings. The van der Waals surface area contributed by atoms with Crippen molar-refractivity contribution >= 4 is 29.1 Å². The molecule has 0 bridgehead atoms. The van der Waals surface area contributed by atoms with Crippen molar-refractivity contribution in [2.75, 3.05) is 0 Å². The van der Waals surface area contributed by atoms with Crippen LogP contribution in [0.2, 0.25) is 0 Å². The Hall–Kier alpha value is -8.14. The van der Waals surface area contributed by atoms with Gasteiger partial charge in [0, 0.05) is 10.9 Å². The fraction of sp³-hybridized carbons (Fsp3) is 0.0333. The molecule has 0 radical (unpaired) electrons. The van der Waals surface area contributed by atoms with Crippen molar-refractivity contribution in [3.05, 3.63) is 258 Å². The highest BCUT2D eigenvalue weighted by Crippen LogP contribution is 2.63. The number of furan rings is 1. The largest absolute Gasteiger partial charge is 0.452 e. The zero-order valence-electron chi connectivity index (χ0n) is 34.5. The van der Waals surface area contributed by atoms with Crippen molar-refractivity contribution in [1.29, 1.82) is 0 Å². The number of rotatable bonds is 8. The van der Waals surface area contributed by atoms with E-state index in [1.54, 1.807) is 0 Å². The van der Waals surface area contributed by atoms with E-state index >= 15 is 0 Å². The van der Waals surface area contributed by atoms with Gasteiger partial charge in [-0.05, 0) is 127 Å². The first-order chi connectivity index (χ1) is 31.2. The normalized spacial score (nSPS) is 13.1. The van der Waals surface area contributed by atoms with E-state index in [4.69, 9.17) is 9.41 Å². The Balaban J connectivity index is 1.03. The van der Waals surface area contributed by atoms with E-state index in [9.17, 15) is 0 Å². The minimum Gasteiger partial charge on any atom is -0.452 e. The van der Waals surface area contributed by atoms with E-state index in [1.807, 2.05) is 36.4 Å². The van der Waals surface area contributed by atoms with E-state index in [0.29, 0.717) is 18.0 Å². The van der Waals surface area contributed by atoms with Crippen molar-refractivity contribution in [1.82, 2.24) is 0 Å². The number of fused-ring (bicyclic) bond motifs is 11. The summed E-state index contributed by atoms with van der Waals surface area (Å²) >= 11 is 0. The van der Waals surface area contributed by atoms with Crippen LogP contribution in [-0.4, -0.2) is 12.4 Å². The molecule has 296 valence electrons. The first kappa shape index (κ1) is 36.7. The molecule has 0 saturated heterocycles. The zero-order chi connectivity index (χ0) is 41.9. The second-order valence-electron chi connectivity index (χ2n) is 16.5. The van der Waals surface area contributed by atoms with Crippen molar-refractivity contribution in [3.63, 3.8) is 0 Å². The van der Waals surface area contributed by atoms with Crippen LogP contribution in [0.25, 0.3) is 66.6 Å². The fourth-order valence-electron chi connectivity index (χ4n) is 10.3. The lowest BCUT2D eigenvalue weighted by Crippen LogP contribution is -2.25. The third-order valence-electron chi connectivity index (χ3n) is 13.0. The summed E-state index contributed by atoms with van der Waals surface area (Å²) in [5, 5.41) is 0.892. The summed E-state index contributed by atoms with van der Waals surface area (Å²) in [5.74, 6) is 0.612. The number of benzene rings is 9. The van der Waals surface area contributed by atoms with Crippen LogP contribution >= 0.6 is 0 Å². The molecule has 10 aromatic rings. The van der Waals surface area contributed by atoms with Crippen LogP contribution < -0.4 is 0 Å². The Morgan fingerprint density at radius 2 is 0.921 bits per heavy atom. The lowest BCUT2D eigenvalue weighted by atomic mass is 9.70. The van der Waals surface area contributed by atoms with Gasteiger partial charge in [0.1, 0.15) is 17.0 Å². The zero-order valence-corrected chi connectivity index (χ0v) is 34.5. The molecule has 2 aliphatic rings. The lowest BCUT2D eigenvalue weighted by molar-refractivity contribution is 0.605. The van der Waals surface area contributed by atoms with Crippen LogP contribution in [0.1, 0.15) is 39.1 Å². The van der Waals surface area contributed by atoms with E-state index in [0.717, 1.165) is 55.6 Å². The van der Waals surface area contributed by atoms with Gasteiger partial charge < -0.3 is 4.42 Å². The number of hydrogen-bond donors (Lipinski definition) is 0. The van der Waals surface area contributed by atoms with Crippen LogP contribution in [0, 0.1) is 0 Å². The first-order valence-electron chi connectivity index (χ1n) is 21.5. The summed E-state index contributed by atoms with van der Waals surface area (Å²) in [6, 6.07) is 78.6. The van der Waals surface area contributed by atoms with Gasteiger partial charge in [0.2, 0.25) is 0 Å². The van der Waals surface area contributed by atoms with Gasteiger partial charge in [0.15, 0.2) is 5.76 Å². The number of nitrogens with zero attached hydrogens (tertiary/aromatic N) is 2. The van der Waals surface area contributed by atoms with Crippen molar-refractivity contribution in [2.45, 2.75) is 12.0 Å². The molecule has 63 heavy (non-hydrogen) atoms. The predicted molar refractivity (Wildman–Crippen MR) is 260 cm³/mol. The van der Waals surface area contributed by atoms with Gasteiger partial charge in [-0.3, -0.25) is 9.98 Å². The topological polar surface area (TPSA) is 37.9 Å². The van der Waals surface area contributed by atoms with Crippen LogP contribution in [0.5, 0.6) is 0 Å². The van der Waals surface area contributed by atoms with Crippen molar-refractivity contribution in [2.24, 2.45) is 9.98 Å². The smallest absolute Gasteiger partial charge is 0.179 e. The monoisotopic (exact) mass is 804 g/mol. The molecular weight excluding hydrogens is 765 g/mol. The Kier molecular flexibility index (Phi) is 8.62. The van der Waals surface area contributed by atoms with Gasteiger partial charge in [-0.1, -0.05) is 182 Å². The molecule has 0 aliphatic heterocycles. The minimum atomic E-state index is -0.421. The summed E-state index contributed by atoms with van der Waals surface area (Å²) < 4.78 is 6.67. The molecule has 0 atom stereocenters. The maximum Gasteiger partial charge on any atom is 0.179 e. The van der Waals surface area contributed by atoms with Gasteiger partial charge in [-0.2, -0.15) is 0 Å². The van der Waals surface area contributed by atoms with Crippen LogP contribution in [0.3, 0.4) is 0 Å². The Bertz CT molecular complexity index is 3370. The maximum absolute atomic E-state index is 6.67. The standard InChI is InChI=1S/C60H40N2O/c1-61-58-51-36-42(30-32-56(51)63-59(58)57(41-21-9-4-10-22-41)62-38-39-17-5-2-6-18-39)45-33-44(40-19-7-3-8-20-40)34-46(35-45)43-29-31-50-49-25-13-16-28-54(49)60(55(50)37-43)52-26-14-11-23-47(52)48-24-12-15-27-53(48)60/h2-37H,1,38H2/b62-57-. The SMILES string of the molecule is C=Nc1c(/C(=N\Cc2ccccc2)c2ccccc2)oc2ccc(-c3cc(-c4ccccc4)cc(-c4ccc5c(c4)C4(c6ccccc6-c6ccccc64)c4ccccc4-5)c3)cc12. The summed E-state index contributed by atoms with van der Waals surface area (Å²) in [4.78, 5) is 9.75. The van der Waals surface area contributed by atoms with Gasteiger partial charge in [0.05, 0.1) is 12.0 Å². The molecule has 2 aliphatic carbocycles. The second kappa shape index (κ2) is 14.8. The molecule has 1 aromatic heterocycles. The molecule has 9 aromatic carbocycles. The van der Waals surface area contributed by atoms with Crippen molar-refractivity contribution in [3.8, 4) is 55.6 Å². The van der Waals surface area contributed by atoms with E-state index in [1.165, 1.54) is 50.1 Å². The fourth-order valence-corrected chi connectivity index (χ4v) is 10.3. The van der Waals surface area contributed by atoms with E-state index in [-0.39, 0.29) is 0 Å². The van der Waals surface area contributed by atoms with Gasteiger partial charge in [-0.15, -0.1) is 0 Å². The van der Waals surface area contributed by atoms with Gasteiger partial charge in [0.25, 0.3) is 0 Å². The highest BCUT2D eigenvalue weighted by molar-refractivity contribution is 6.17. The molecule has 0 saturated carbocycles. The summed E-state index contributed by atoms with van der Waals surface area (Å²) in [6.45, 7) is 4.56. The molecule has 12 rings (SSSR count). The van der Waals surface area contributed by atoms with Crippen molar-refractivity contribution < 1.29 is 4.42 Å². The van der Waals surface area contributed by atoms with Crippen LogP contribution in [0.4, 0.5) is 5.69 Å². The Morgan fingerprint density at radius 1 is 0.429 bits per heavy atom. The molecule has 0 unspecified atom stereocenters. The second-order valence-corrected chi connectivity index (χ2v) is 16.5. The molecule has 3 nitrogen and oxygen atoms in total. The number of aliphatic imine (C=N–C) groups is 2. The maximum atomic E-state index is 6.67. The molecule has 1 spiro atoms. The molecular formula is C60H40N2O. The third kappa shape index (κ3) is 5.81. The highest BCUT2D eigenvalue weighted by Gasteiger charge is 2.51. The average molecular weight is 805 g/mol. The van der Waals surface area contributed by atoms with Gasteiger partial charge >= 0.3 is 0 Å². The van der Waals surface area contributed by atoms with Gasteiger partial charge in [-0.25, -0.2) is 0 Å². The van der Waals surface area contributed by atoms with Crippen LogP contribution in [-0.2, 0) is 12.0 Å². The molecule has 0 N–H and O–H groups in total. The third-order valence-corrected chi connectivity index (χ3v) is 13.0. The molecule has 0 amide bonds. The Morgan fingerprint density at radius 3 is 1.52 bits per heavy atom. The summed E-state index contributed by atoms with van der Waals surface area (Å²) in [5.41, 5.74) is 21.1. The lowest BCUT2D eigenvalue weighted by Gasteiger charge is -2.30. The molecule has 3 heteroatoms. The minimum absolute atomic E-state index is 0.421. The Labute approximate surface area is 367 Å². The van der Waals surface area contributed by atoms with Crippen LogP contribution in [0.15, 0.2) is 233 Å². The predicted octanol–water partition coefficient (Wildman–Crippen LogP) is 15.1. The van der Waals surface area contributed by atoms with E-state index in [2.05, 4.69) is 194 Å². The van der Waals surface area contributed by atoms with E-state index < -0.39 is 5.41 Å². The highest BCUT2D eigenvalue weighted by atomic mass is 16.3.